The number of ether oxygens (including phenoxy) is 1. The van der Waals surface area contributed by atoms with Crippen LogP contribution in [-0.4, -0.2) is 46.6 Å². The van der Waals surface area contributed by atoms with E-state index in [0.717, 1.165) is 6.07 Å². The molecule has 1 aromatic rings. The van der Waals surface area contributed by atoms with Crippen molar-refractivity contribution in [1.29, 1.82) is 0 Å². The van der Waals surface area contributed by atoms with Crippen LogP contribution in [0.5, 0.6) is 0 Å². The average Bonchev–Trinajstić information content (AvgIpc) is 2.53. The van der Waals surface area contributed by atoms with Crippen LogP contribution in [0.2, 0.25) is 5.02 Å². The molecule has 0 saturated carbocycles. The minimum Gasteiger partial charge on any atom is -0.444 e. The number of nitrogens with zero attached hydrogens (tertiary/aromatic N) is 2. The van der Waals surface area contributed by atoms with Gasteiger partial charge in [-0.2, -0.15) is 0 Å². The van der Waals surface area contributed by atoms with Crippen LogP contribution >= 0.6 is 11.6 Å². The maximum absolute atomic E-state index is 12.3. The summed E-state index contributed by atoms with van der Waals surface area (Å²) in [4.78, 5) is 36.2. The van der Waals surface area contributed by atoms with Crippen molar-refractivity contribution < 1.29 is 19.2 Å². The quantitative estimate of drug-likeness (QED) is 0.636. The van der Waals surface area contributed by atoms with E-state index in [4.69, 9.17) is 16.3 Å². The molecule has 0 radical (unpaired) electrons. The first kappa shape index (κ1) is 20.0. The summed E-state index contributed by atoms with van der Waals surface area (Å²) in [5.41, 5.74) is -0.529. The largest absolute Gasteiger partial charge is 0.444 e. The monoisotopic (exact) mass is 383 g/mol. The molecule has 1 aliphatic rings. The molecule has 1 aromatic carbocycles. The summed E-state index contributed by atoms with van der Waals surface area (Å²) in [7, 11) is 0. The van der Waals surface area contributed by atoms with Gasteiger partial charge in [-0.1, -0.05) is 11.6 Å². The molecule has 0 aromatic heterocycles. The van der Waals surface area contributed by atoms with E-state index in [9.17, 15) is 19.7 Å². The summed E-state index contributed by atoms with van der Waals surface area (Å²) in [5, 5.41) is 13.6. The number of nitrogens with one attached hydrogen (secondary N) is 1. The summed E-state index contributed by atoms with van der Waals surface area (Å²) >= 11 is 5.98. The third-order valence-corrected chi connectivity index (χ3v) is 4.20. The van der Waals surface area contributed by atoms with E-state index in [1.165, 1.54) is 12.1 Å². The highest BCUT2D eigenvalue weighted by atomic mass is 35.5. The van der Waals surface area contributed by atoms with Gasteiger partial charge >= 0.3 is 6.09 Å². The van der Waals surface area contributed by atoms with Crippen molar-refractivity contribution in [1.82, 2.24) is 10.2 Å². The molecule has 9 heteroatoms. The van der Waals surface area contributed by atoms with Crippen molar-refractivity contribution in [2.75, 3.05) is 13.1 Å². The van der Waals surface area contributed by atoms with Gasteiger partial charge in [-0.15, -0.1) is 0 Å². The highest BCUT2D eigenvalue weighted by molar-refractivity contribution is 6.34. The van der Waals surface area contributed by atoms with E-state index in [1.807, 2.05) is 20.8 Å². The summed E-state index contributed by atoms with van der Waals surface area (Å²) in [6, 6.07) is 3.63. The lowest BCUT2D eigenvalue weighted by atomic mass is 10.0. The number of hydrogen-bond donors (Lipinski definition) is 1. The highest BCUT2D eigenvalue weighted by Crippen LogP contribution is 2.23. The fraction of sp³-hybridized carbons (Fsp3) is 0.529. The Bertz CT molecular complexity index is 709. The first-order valence-electron chi connectivity index (χ1n) is 8.29. The number of rotatable bonds is 3. The van der Waals surface area contributed by atoms with Gasteiger partial charge in [-0.3, -0.25) is 14.9 Å². The molecule has 1 saturated heterocycles. The number of carbonyl (C=O) groups is 2. The Morgan fingerprint density at radius 1 is 1.31 bits per heavy atom. The number of likely N-dealkylation sites (tertiary alicyclic amines) is 1. The first-order chi connectivity index (χ1) is 12.1. The van der Waals surface area contributed by atoms with E-state index < -0.39 is 10.5 Å². The van der Waals surface area contributed by atoms with E-state index >= 15 is 0 Å². The molecule has 1 heterocycles. The predicted molar refractivity (Wildman–Crippen MR) is 96.4 cm³/mol. The Labute approximate surface area is 156 Å². The standard InChI is InChI=1S/C17H22ClN3O5/c1-17(2,3)26-16(23)20-8-6-11(7-9-20)19-15(22)13-5-4-12(21(24)25)10-14(13)18/h4-5,10-11H,6-9H2,1-3H3,(H,19,22). The van der Waals surface area contributed by atoms with Gasteiger partial charge < -0.3 is 15.0 Å². The van der Waals surface area contributed by atoms with Gasteiger partial charge in [0.25, 0.3) is 11.6 Å². The Morgan fingerprint density at radius 2 is 1.92 bits per heavy atom. The molecule has 0 spiro atoms. The molecule has 2 amide bonds. The summed E-state index contributed by atoms with van der Waals surface area (Å²) < 4.78 is 5.34. The van der Waals surface area contributed by atoms with Crippen molar-refractivity contribution in [3.05, 3.63) is 38.9 Å². The molecule has 142 valence electrons. The fourth-order valence-corrected chi connectivity index (χ4v) is 2.86. The number of benzene rings is 1. The number of halogens is 1. The number of nitro groups is 1. The van der Waals surface area contributed by atoms with Gasteiger partial charge in [0, 0.05) is 31.3 Å². The third kappa shape index (κ3) is 5.32. The lowest BCUT2D eigenvalue weighted by Crippen LogP contribution is -2.47. The van der Waals surface area contributed by atoms with Crippen molar-refractivity contribution in [3.63, 3.8) is 0 Å². The molecule has 1 N–H and O–H groups in total. The minimum absolute atomic E-state index is 0.0305. The summed E-state index contributed by atoms with van der Waals surface area (Å²) in [5.74, 6) is -0.388. The van der Waals surface area contributed by atoms with Crippen molar-refractivity contribution >= 4 is 29.3 Å². The van der Waals surface area contributed by atoms with Crippen LogP contribution in [0.15, 0.2) is 18.2 Å². The van der Waals surface area contributed by atoms with Crippen LogP contribution in [-0.2, 0) is 4.74 Å². The van der Waals surface area contributed by atoms with Crippen molar-refractivity contribution in [2.45, 2.75) is 45.3 Å². The number of carbonyl (C=O) groups excluding carboxylic acids is 2. The second-order valence-electron chi connectivity index (χ2n) is 7.14. The predicted octanol–water partition coefficient (Wildman–Crippen LogP) is 3.38. The Hall–Kier alpha value is -2.35. The summed E-state index contributed by atoms with van der Waals surface area (Å²) in [6.45, 7) is 6.39. The second kappa shape index (κ2) is 7.90. The minimum atomic E-state index is -0.569. The van der Waals surface area contributed by atoms with Gasteiger partial charge in [0.1, 0.15) is 5.60 Å². The van der Waals surface area contributed by atoms with Crippen LogP contribution < -0.4 is 5.32 Å². The SMILES string of the molecule is CC(C)(C)OC(=O)N1CCC(NC(=O)c2ccc([N+](=O)[O-])cc2Cl)CC1. The molecule has 0 aliphatic carbocycles. The van der Waals surface area contributed by atoms with Crippen LogP contribution in [0, 0.1) is 10.1 Å². The van der Waals surface area contributed by atoms with Crippen LogP contribution in [0.1, 0.15) is 44.0 Å². The van der Waals surface area contributed by atoms with E-state index in [1.54, 1.807) is 4.90 Å². The second-order valence-corrected chi connectivity index (χ2v) is 7.54. The number of hydrogen-bond acceptors (Lipinski definition) is 5. The first-order valence-corrected chi connectivity index (χ1v) is 8.67. The molecule has 8 nitrogen and oxygen atoms in total. The van der Waals surface area contributed by atoms with Gasteiger partial charge in [0.2, 0.25) is 0 Å². The van der Waals surface area contributed by atoms with Gasteiger partial charge in [-0.05, 0) is 39.7 Å². The molecule has 0 atom stereocenters. The maximum Gasteiger partial charge on any atom is 0.410 e. The van der Waals surface area contributed by atoms with Crippen LogP contribution in [0.4, 0.5) is 10.5 Å². The topological polar surface area (TPSA) is 102 Å². The molecule has 2 rings (SSSR count). The van der Waals surface area contributed by atoms with Gasteiger partial charge in [-0.25, -0.2) is 4.79 Å². The lowest BCUT2D eigenvalue weighted by molar-refractivity contribution is -0.384. The molecule has 1 fully saturated rings. The van der Waals surface area contributed by atoms with Crippen LogP contribution in [0.3, 0.4) is 0 Å². The number of nitro benzene ring substituents is 1. The zero-order chi connectivity index (χ0) is 19.5. The molecular formula is C17H22ClN3O5. The Balaban J connectivity index is 1.90. The number of non-ortho nitro benzene ring substituents is 1. The molecular weight excluding hydrogens is 362 g/mol. The van der Waals surface area contributed by atoms with E-state index in [-0.39, 0.29) is 34.3 Å². The van der Waals surface area contributed by atoms with Crippen molar-refractivity contribution in [2.24, 2.45) is 0 Å². The molecule has 0 unspecified atom stereocenters. The zero-order valence-corrected chi connectivity index (χ0v) is 15.7. The average molecular weight is 384 g/mol. The number of amides is 2. The van der Waals surface area contributed by atoms with Gasteiger partial charge in [0.05, 0.1) is 15.5 Å². The van der Waals surface area contributed by atoms with Crippen molar-refractivity contribution in [3.8, 4) is 0 Å². The normalized spacial score (nSPS) is 15.5. The summed E-state index contributed by atoms with van der Waals surface area (Å²) in [6.07, 6.45) is 0.825. The number of piperidine rings is 1. The maximum atomic E-state index is 12.3. The van der Waals surface area contributed by atoms with E-state index in [2.05, 4.69) is 5.32 Å². The molecule has 26 heavy (non-hydrogen) atoms. The zero-order valence-electron chi connectivity index (χ0n) is 15.0. The van der Waals surface area contributed by atoms with Crippen LogP contribution in [0.25, 0.3) is 0 Å². The molecule has 0 bridgehead atoms. The third-order valence-electron chi connectivity index (χ3n) is 3.89. The fourth-order valence-electron chi connectivity index (χ4n) is 2.60. The van der Waals surface area contributed by atoms with Gasteiger partial charge in [0.15, 0.2) is 0 Å². The smallest absolute Gasteiger partial charge is 0.410 e. The molecule has 1 aliphatic heterocycles. The highest BCUT2D eigenvalue weighted by Gasteiger charge is 2.28. The Kier molecular flexibility index (Phi) is 6.07. The van der Waals surface area contributed by atoms with E-state index in [0.29, 0.717) is 25.9 Å². The lowest BCUT2D eigenvalue weighted by Gasteiger charge is -2.33. The Morgan fingerprint density at radius 3 is 2.42 bits per heavy atom.